The van der Waals surface area contributed by atoms with Gasteiger partial charge in [0.1, 0.15) is 0 Å². The fraction of sp³-hybridized carbons (Fsp3) is 0.235. The van der Waals surface area contributed by atoms with Crippen LogP contribution in [0.15, 0.2) is 54.6 Å². The molecular formula is C17H15F3O2. The molecule has 0 unspecified atom stereocenters. The lowest BCUT2D eigenvalue weighted by Gasteiger charge is -2.23. The highest BCUT2D eigenvalue weighted by molar-refractivity contribution is 5.77. The summed E-state index contributed by atoms with van der Waals surface area (Å²) in [6.45, 7) is 0.893. The topological polar surface area (TPSA) is 37.3 Å². The molecule has 1 N–H and O–H groups in total. The number of carbonyl (C=O) groups is 1. The molecule has 2 nitrogen and oxygen atoms in total. The highest BCUT2D eigenvalue weighted by Crippen LogP contribution is 2.38. The van der Waals surface area contributed by atoms with Crippen LogP contribution in [0.3, 0.4) is 0 Å². The van der Waals surface area contributed by atoms with Gasteiger partial charge in [-0.25, -0.2) is 0 Å². The van der Waals surface area contributed by atoms with Gasteiger partial charge in [0.15, 0.2) is 0 Å². The summed E-state index contributed by atoms with van der Waals surface area (Å²) in [6, 6.07) is 15.5. The molecule has 2 atom stereocenters. The van der Waals surface area contributed by atoms with Crippen molar-refractivity contribution in [1.82, 2.24) is 0 Å². The lowest BCUT2D eigenvalue weighted by molar-refractivity contribution is -0.183. The lowest BCUT2D eigenvalue weighted by Crippen LogP contribution is -2.31. The van der Waals surface area contributed by atoms with Crippen molar-refractivity contribution in [2.45, 2.75) is 19.0 Å². The third-order valence-electron chi connectivity index (χ3n) is 3.66. The predicted molar refractivity (Wildman–Crippen MR) is 77.5 cm³/mol. The van der Waals surface area contributed by atoms with Gasteiger partial charge in [0.25, 0.3) is 0 Å². The van der Waals surface area contributed by atoms with Crippen molar-refractivity contribution in [3.63, 3.8) is 0 Å². The summed E-state index contributed by atoms with van der Waals surface area (Å²) in [7, 11) is 0. The van der Waals surface area contributed by atoms with Crippen molar-refractivity contribution in [1.29, 1.82) is 0 Å². The Kier molecular flexibility index (Phi) is 4.54. The van der Waals surface area contributed by atoms with E-state index in [9.17, 15) is 18.0 Å². The Morgan fingerprint density at radius 2 is 1.45 bits per heavy atom. The van der Waals surface area contributed by atoms with E-state index < -0.39 is 24.0 Å². The molecule has 0 radical (unpaired) electrons. The van der Waals surface area contributed by atoms with Crippen LogP contribution < -0.4 is 0 Å². The maximum atomic E-state index is 12.8. The average molecular weight is 308 g/mol. The third-order valence-corrected chi connectivity index (χ3v) is 3.66. The first-order valence-electron chi connectivity index (χ1n) is 6.75. The minimum absolute atomic E-state index is 0.150. The number of alkyl halides is 3. The molecule has 5 heteroatoms. The Bertz CT molecular complexity index is 633. The van der Waals surface area contributed by atoms with Crippen LogP contribution in [0.1, 0.15) is 18.4 Å². The van der Waals surface area contributed by atoms with Crippen LogP contribution in [0.5, 0.6) is 0 Å². The summed E-state index contributed by atoms with van der Waals surface area (Å²) >= 11 is 0. The van der Waals surface area contributed by atoms with Crippen LogP contribution in [0.2, 0.25) is 0 Å². The molecule has 0 heterocycles. The van der Waals surface area contributed by atoms with Gasteiger partial charge in [-0.3, -0.25) is 4.79 Å². The predicted octanol–water partition coefficient (Wildman–Crippen LogP) is 4.72. The summed E-state index contributed by atoms with van der Waals surface area (Å²) in [5.41, 5.74) is 1.90. The van der Waals surface area contributed by atoms with E-state index in [1.54, 1.807) is 12.1 Å². The monoisotopic (exact) mass is 308 g/mol. The number of hydrogen-bond donors (Lipinski definition) is 1. The maximum Gasteiger partial charge on any atom is 0.392 e. The first-order valence-corrected chi connectivity index (χ1v) is 6.75. The smallest absolute Gasteiger partial charge is 0.392 e. The fourth-order valence-electron chi connectivity index (χ4n) is 2.35. The highest BCUT2D eigenvalue weighted by atomic mass is 19.4. The number of hydrogen-bond acceptors (Lipinski definition) is 1. The zero-order chi connectivity index (χ0) is 16.3. The molecule has 0 spiro atoms. The van der Waals surface area contributed by atoms with E-state index in [1.807, 2.05) is 30.3 Å². The van der Waals surface area contributed by atoms with E-state index in [0.717, 1.165) is 18.1 Å². The Morgan fingerprint density at radius 1 is 0.955 bits per heavy atom. The quantitative estimate of drug-likeness (QED) is 0.887. The van der Waals surface area contributed by atoms with Crippen LogP contribution in [0.25, 0.3) is 11.1 Å². The van der Waals surface area contributed by atoms with Crippen molar-refractivity contribution in [2.75, 3.05) is 0 Å². The van der Waals surface area contributed by atoms with E-state index in [1.165, 1.54) is 12.1 Å². The molecular weight excluding hydrogens is 293 g/mol. The Labute approximate surface area is 126 Å². The van der Waals surface area contributed by atoms with Crippen molar-refractivity contribution in [3.8, 4) is 11.1 Å². The molecule has 0 aliphatic heterocycles. The molecule has 116 valence electrons. The summed E-state index contributed by atoms with van der Waals surface area (Å²) in [4.78, 5) is 11.2. The van der Waals surface area contributed by atoms with Crippen LogP contribution in [-0.2, 0) is 4.79 Å². The number of carboxylic acid groups (broad SMARTS) is 1. The van der Waals surface area contributed by atoms with E-state index in [2.05, 4.69) is 0 Å². The summed E-state index contributed by atoms with van der Waals surface area (Å²) in [6.07, 6.45) is -4.55. The van der Waals surface area contributed by atoms with Crippen molar-refractivity contribution >= 4 is 5.97 Å². The Morgan fingerprint density at radius 3 is 1.91 bits per heavy atom. The number of aliphatic carboxylic acids is 1. The summed E-state index contributed by atoms with van der Waals surface area (Å²) in [5.74, 6) is -5.03. The van der Waals surface area contributed by atoms with Gasteiger partial charge in [0.2, 0.25) is 0 Å². The Balaban J connectivity index is 2.33. The maximum absolute atomic E-state index is 12.8. The summed E-state index contributed by atoms with van der Waals surface area (Å²) in [5, 5.41) is 9.15. The molecule has 0 aromatic heterocycles. The third kappa shape index (κ3) is 3.47. The van der Waals surface area contributed by atoms with Gasteiger partial charge in [-0.2, -0.15) is 13.2 Å². The zero-order valence-electron chi connectivity index (χ0n) is 11.8. The minimum Gasteiger partial charge on any atom is -0.481 e. The highest BCUT2D eigenvalue weighted by Gasteiger charge is 2.44. The normalized spacial score (nSPS) is 14.4. The second-order valence-electron chi connectivity index (χ2n) is 5.13. The first kappa shape index (κ1) is 16.1. The second kappa shape index (κ2) is 6.22. The van der Waals surface area contributed by atoms with Crippen LogP contribution >= 0.6 is 0 Å². The largest absolute Gasteiger partial charge is 0.481 e. The molecule has 0 fully saturated rings. The fourth-order valence-corrected chi connectivity index (χ4v) is 2.35. The molecule has 22 heavy (non-hydrogen) atoms. The molecule has 2 rings (SSSR count). The van der Waals surface area contributed by atoms with Gasteiger partial charge in [-0.15, -0.1) is 0 Å². The first-order chi connectivity index (χ1) is 10.3. The van der Waals surface area contributed by atoms with Crippen LogP contribution in [-0.4, -0.2) is 17.3 Å². The van der Waals surface area contributed by atoms with Crippen molar-refractivity contribution in [2.24, 2.45) is 5.92 Å². The van der Waals surface area contributed by atoms with Gasteiger partial charge in [-0.05, 0) is 16.7 Å². The van der Waals surface area contributed by atoms with E-state index >= 15 is 0 Å². The molecule has 0 bridgehead atoms. The molecule has 0 aliphatic rings. The van der Waals surface area contributed by atoms with Crippen LogP contribution in [0, 0.1) is 5.92 Å². The Hall–Kier alpha value is -2.30. The van der Waals surface area contributed by atoms with Gasteiger partial charge in [-0.1, -0.05) is 61.5 Å². The van der Waals surface area contributed by atoms with E-state index in [4.69, 9.17) is 5.11 Å². The van der Waals surface area contributed by atoms with Crippen molar-refractivity contribution in [3.05, 3.63) is 60.2 Å². The van der Waals surface area contributed by atoms with Gasteiger partial charge in [0, 0.05) is 0 Å². The summed E-state index contributed by atoms with van der Waals surface area (Å²) < 4.78 is 38.5. The SMILES string of the molecule is C[C@H]([C@@H](C(=O)O)c1ccc(-c2ccccc2)cc1)C(F)(F)F. The molecule has 2 aromatic rings. The molecule has 0 aliphatic carbocycles. The molecule has 0 saturated carbocycles. The van der Waals surface area contributed by atoms with Gasteiger partial charge < -0.3 is 5.11 Å². The number of carboxylic acids is 1. The number of halogens is 3. The standard InChI is InChI=1S/C17H15F3O2/c1-11(17(18,19)20)15(16(21)22)14-9-7-13(8-10-14)12-5-3-2-4-6-12/h2-11,15H,1H3,(H,21,22)/t11-,15-/m1/s1. The molecule has 2 aromatic carbocycles. The van der Waals surface area contributed by atoms with E-state index in [0.29, 0.717) is 0 Å². The van der Waals surface area contributed by atoms with Crippen LogP contribution in [0.4, 0.5) is 13.2 Å². The second-order valence-corrected chi connectivity index (χ2v) is 5.13. The zero-order valence-corrected chi connectivity index (χ0v) is 11.8. The minimum atomic E-state index is -4.55. The number of rotatable bonds is 4. The van der Waals surface area contributed by atoms with Gasteiger partial charge in [0.05, 0.1) is 11.8 Å². The number of benzene rings is 2. The average Bonchev–Trinajstić information content (AvgIpc) is 2.48. The van der Waals surface area contributed by atoms with Crippen molar-refractivity contribution < 1.29 is 23.1 Å². The van der Waals surface area contributed by atoms with Gasteiger partial charge >= 0.3 is 12.1 Å². The molecule has 0 amide bonds. The van der Waals surface area contributed by atoms with E-state index in [-0.39, 0.29) is 5.56 Å². The lowest BCUT2D eigenvalue weighted by atomic mass is 9.86. The molecule has 0 saturated heterocycles.